The molecule has 0 unspecified atom stereocenters. The molecule has 0 aliphatic carbocycles. The molecule has 1 aromatic rings. The molecule has 0 aromatic carbocycles. The molecule has 0 aliphatic heterocycles. The molecule has 0 atom stereocenters. The highest BCUT2D eigenvalue weighted by atomic mass is 19.1. The number of hydrogen-bond acceptors (Lipinski definition) is 5. The van der Waals surface area contributed by atoms with Gasteiger partial charge in [0.25, 0.3) is 0 Å². The maximum Gasteiger partial charge on any atom is 0.178 e. The Morgan fingerprint density at radius 3 is 2.71 bits per heavy atom. The molecule has 7 heteroatoms. The highest BCUT2D eigenvalue weighted by molar-refractivity contribution is 5.46. The zero-order valence-electron chi connectivity index (χ0n) is 9.59. The number of nitrogens with zero attached hydrogens (tertiary/aromatic N) is 1. The Morgan fingerprint density at radius 1 is 1.35 bits per heavy atom. The molecule has 0 bridgehead atoms. The van der Waals surface area contributed by atoms with Gasteiger partial charge < -0.3 is 15.5 Å². The fraction of sp³-hybridized carbons (Fsp3) is 0.500. The molecule has 0 amide bonds. The monoisotopic (exact) mass is 246 g/mol. The van der Waals surface area contributed by atoms with Crippen LogP contribution in [0.2, 0.25) is 0 Å². The van der Waals surface area contributed by atoms with Crippen LogP contribution in [0.4, 0.5) is 20.4 Å². The molecule has 1 aromatic heterocycles. The number of hydrogen-bond donors (Lipinski definition) is 3. The van der Waals surface area contributed by atoms with Crippen LogP contribution in [0.3, 0.4) is 0 Å². The van der Waals surface area contributed by atoms with Crippen LogP contribution in [-0.2, 0) is 4.74 Å². The SMILES string of the molecule is CCOCCCNc1nc(NN)c(F)cc1F. The van der Waals surface area contributed by atoms with Crippen LogP contribution in [0.1, 0.15) is 13.3 Å². The Bertz CT molecular complexity index is 362. The highest BCUT2D eigenvalue weighted by Crippen LogP contribution is 2.17. The molecule has 17 heavy (non-hydrogen) atoms. The summed E-state index contributed by atoms with van der Waals surface area (Å²) in [5.41, 5.74) is 2.06. The summed E-state index contributed by atoms with van der Waals surface area (Å²) in [5, 5.41) is 2.75. The second kappa shape index (κ2) is 6.97. The number of rotatable bonds is 7. The number of nitrogen functional groups attached to an aromatic ring is 1. The summed E-state index contributed by atoms with van der Waals surface area (Å²) in [4.78, 5) is 3.67. The van der Waals surface area contributed by atoms with Crippen molar-refractivity contribution in [2.24, 2.45) is 5.84 Å². The minimum atomic E-state index is -0.829. The van der Waals surface area contributed by atoms with Crippen LogP contribution in [0.5, 0.6) is 0 Å². The molecule has 1 heterocycles. The molecular formula is C10H16F2N4O. The van der Waals surface area contributed by atoms with E-state index < -0.39 is 11.6 Å². The van der Waals surface area contributed by atoms with E-state index in [1.165, 1.54) is 0 Å². The van der Waals surface area contributed by atoms with E-state index in [9.17, 15) is 8.78 Å². The molecule has 96 valence electrons. The molecule has 4 N–H and O–H groups in total. The molecular weight excluding hydrogens is 230 g/mol. The summed E-state index contributed by atoms with van der Waals surface area (Å²) in [6.07, 6.45) is 0.706. The summed E-state index contributed by atoms with van der Waals surface area (Å²) >= 11 is 0. The Kier molecular flexibility index (Phi) is 5.58. The lowest BCUT2D eigenvalue weighted by Crippen LogP contribution is -2.14. The fourth-order valence-corrected chi connectivity index (χ4v) is 1.22. The Hall–Kier alpha value is -1.47. The molecule has 0 fully saturated rings. The van der Waals surface area contributed by atoms with Gasteiger partial charge in [0.05, 0.1) is 0 Å². The standard InChI is InChI=1S/C10H16F2N4O/c1-2-17-5-3-4-14-9-7(11)6-8(12)10(15-9)16-13/h6H,2-5,13H2,1H3,(H2,14,15,16). The van der Waals surface area contributed by atoms with Gasteiger partial charge in [-0.15, -0.1) is 0 Å². The van der Waals surface area contributed by atoms with Gasteiger partial charge >= 0.3 is 0 Å². The Balaban J connectivity index is 2.52. The molecule has 0 aliphatic rings. The quantitative estimate of drug-likeness (QED) is 0.386. The largest absolute Gasteiger partial charge is 0.382 e. The van der Waals surface area contributed by atoms with Crippen molar-refractivity contribution in [1.82, 2.24) is 4.98 Å². The first kappa shape index (κ1) is 13.6. The molecule has 0 saturated heterocycles. The lowest BCUT2D eigenvalue weighted by molar-refractivity contribution is 0.147. The average molecular weight is 246 g/mol. The smallest absolute Gasteiger partial charge is 0.178 e. The van der Waals surface area contributed by atoms with Gasteiger partial charge in [-0.2, -0.15) is 0 Å². The first-order valence-corrected chi connectivity index (χ1v) is 5.33. The average Bonchev–Trinajstić information content (AvgIpc) is 2.31. The van der Waals surface area contributed by atoms with Gasteiger partial charge in [-0.25, -0.2) is 19.6 Å². The minimum Gasteiger partial charge on any atom is -0.382 e. The van der Waals surface area contributed by atoms with Crippen molar-refractivity contribution >= 4 is 11.6 Å². The number of hydrazine groups is 1. The van der Waals surface area contributed by atoms with E-state index in [1.807, 2.05) is 6.92 Å². The summed E-state index contributed by atoms with van der Waals surface area (Å²) in [6.45, 7) is 3.60. The van der Waals surface area contributed by atoms with Crippen LogP contribution in [0.15, 0.2) is 6.07 Å². The van der Waals surface area contributed by atoms with Gasteiger partial charge in [-0.3, -0.25) is 0 Å². The van der Waals surface area contributed by atoms with E-state index in [4.69, 9.17) is 10.6 Å². The van der Waals surface area contributed by atoms with Crippen molar-refractivity contribution in [1.29, 1.82) is 0 Å². The van der Waals surface area contributed by atoms with Gasteiger partial charge in [0.15, 0.2) is 23.3 Å². The number of aromatic nitrogens is 1. The summed E-state index contributed by atoms with van der Waals surface area (Å²) in [6, 6.07) is 0.729. The number of ether oxygens (including phenoxy) is 1. The number of pyridine rings is 1. The van der Waals surface area contributed by atoms with Gasteiger partial charge in [0, 0.05) is 25.8 Å². The van der Waals surface area contributed by atoms with Crippen LogP contribution in [0, 0.1) is 11.6 Å². The first-order valence-electron chi connectivity index (χ1n) is 5.33. The first-order chi connectivity index (χ1) is 8.19. The predicted octanol–water partition coefficient (Wildman–Crippen LogP) is 1.48. The van der Waals surface area contributed by atoms with Crippen molar-refractivity contribution in [3.8, 4) is 0 Å². The number of halogens is 2. The third kappa shape index (κ3) is 4.12. The van der Waals surface area contributed by atoms with Gasteiger partial charge in [-0.05, 0) is 13.3 Å². The second-order valence-electron chi connectivity index (χ2n) is 3.27. The minimum absolute atomic E-state index is 0.0316. The summed E-state index contributed by atoms with van der Waals surface area (Å²) in [5.74, 6) is 3.23. The fourth-order valence-electron chi connectivity index (χ4n) is 1.22. The zero-order chi connectivity index (χ0) is 12.7. The zero-order valence-corrected chi connectivity index (χ0v) is 9.59. The number of anilines is 2. The van der Waals surface area contributed by atoms with Gasteiger partial charge in [0.1, 0.15) is 0 Å². The molecule has 0 spiro atoms. The Morgan fingerprint density at radius 2 is 2.06 bits per heavy atom. The van der Waals surface area contributed by atoms with Crippen molar-refractivity contribution < 1.29 is 13.5 Å². The third-order valence-corrected chi connectivity index (χ3v) is 2.03. The van der Waals surface area contributed by atoms with Crippen molar-refractivity contribution in [3.63, 3.8) is 0 Å². The summed E-state index contributed by atoms with van der Waals surface area (Å²) in [7, 11) is 0. The summed E-state index contributed by atoms with van der Waals surface area (Å²) < 4.78 is 31.4. The van der Waals surface area contributed by atoms with E-state index in [-0.39, 0.29) is 11.6 Å². The maximum atomic E-state index is 13.3. The van der Waals surface area contributed by atoms with E-state index in [0.717, 1.165) is 6.07 Å². The van der Waals surface area contributed by atoms with Crippen LogP contribution < -0.4 is 16.6 Å². The number of nitrogens with one attached hydrogen (secondary N) is 2. The van der Waals surface area contributed by atoms with Crippen molar-refractivity contribution in [2.75, 3.05) is 30.5 Å². The van der Waals surface area contributed by atoms with Crippen LogP contribution in [-0.4, -0.2) is 24.7 Å². The molecule has 0 saturated carbocycles. The predicted molar refractivity (Wildman–Crippen MR) is 61.6 cm³/mol. The lowest BCUT2D eigenvalue weighted by atomic mass is 10.4. The number of nitrogens with two attached hydrogens (primary N) is 1. The van der Waals surface area contributed by atoms with Crippen molar-refractivity contribution in [2.45, 2.75) is 13.3 Å². The topological polar surface area (TPSA) is 72.2 Å². The normalized spacial score (nSPS) is 10.4. The third-order valence-electron chi connectivity index (χ3n) is 2.03. The van der Waals surface area contributed by atoms with Crippen molar-refractivity contribution in [3.05, 3.63) is 17.7 Å². The molecule has 1 rings (SSSR count). The molecule has 0 radical (unpaired) electrons. The maximum absolute atomic E-state index is 13.3. The van der Waals surface area contributed by atoms with Gasteiger partial charge in [-0.1, -0.05) is 0 Å². The van der Waals surface area contributed by atoms with Crippen LogP contribution >= 0.6 is 0 Å². The molecule has 5 nitrogen and oxygen atoms in total. The highest BCUT2D eigenvalue weighted by Gasteiger charge is 2.10. The van der Waals surface area contributed by atoms with Gasteiger partial charge in [0.2, 0.25) is 0 Å². The van der Waals surface area contributed by atoms with E-state index in [0.29, 0.717) is 26.2 Å². The lowest BCUT2D eigenvalue weighted by Gasteiger charge is -2.09. The van der Waals surface area contributed by atoms with E-state index in [1.54, 1.807) is 0 Å². The Labute approximate surface area is 98.3 Å². The van der Waals surface area contributed by atoms with E-state index >= 15 is 0 Å². The second-order valence-corrected chi connectivity index (χ2v) is 3.27. The van der Waals surface area contributed by atoms with Crippen LogP contribution in [0.25, 0.3) is 0 Å². The van der Waals surface area contributed by atoms with E-state index in [2.05, 4.69) is 15.7 Å².